The molecule has 5 nitrogen and oxygen atoms in total. The van der Waals surface area contributed by atoms with E-state index in [2.05, 4.69) is 33.9 Å². The summed E-state index contributed by atoms with van der Waals surface area (Å²) in [5, 5.41) is 0. The van der Waals surface area contributed by atoms with Crippen LogP contribution in [0.2, 0.25) is 0 Å². The first kappa shape index (κ1) is 12.1. The molecule has 0 bridgehead atoms. The lowest BCUT2D eigenvalue weighted by atomic mass is 10.2. The molecule has 17 heavy (non-hydrogen) atoms. The molecule has 1 saturated heterocycles. The lowest BCUT2D eigenvalue weighted by Crippen LogP contribution is -2.37. The monoisotopic (exact) mass is 235 g/mol. The predicted molar refractivity (Wildman–Crippen MR) is 70.1 cm³/mol. The van der Waals surface area contributed by atoms with Crippen molar-refractivity contribution in [1.82, 2.24) is 14.9 Å². The van der Waals surface area contributed by atoms with E-state index in [1.54, 1.807) is 0 Å². The molecule has 1 fully saturated rings. The number of hydrogen-bond donors (Lipinski definition) is 1. The summed E-state index contributed by atoms with van der Waals surface area (Å²) >= 11 is 0. The zero-order valence-corrected chi connectivity index (χ0v) is 10.8. The lowest BCUT2D eigenvalue weighted by Gasteiger charge is -2.27. The van der Waals surface area contributed by atoms with E-state index in [0.717, 1.165) is 17.9 Å². The van der Waals surface area contributed by atoms with E-state index in [4.69, 9.17) is 5.73 Å². The molecule has 5 heteroatoms. The fourth-order valence-electron chi connectivity index (χ4n) is 2.45. The third kappa shape index (κ3) is 2.49. The molecule has 0 aromatic carbocycles. The maximum Gasteiger partial charge on any atom is 0.136 e. The van der Waals surface area contributed by atoms with Crippen LogP contribution in [0.15, 0.2) is 6.33 Å². The molecule has 1 aromatic heterocycles. The van der Waals surface area contributed by atoms with Gasteiger partial charge in [-0.2, -0.15) is 0 Å². The predicted octanol–water partition coefficient (Wildman–Crippen LogP) is 0.898. The molecule has 2 rings (SSSR count). The third-order valence-corrected chi connectivity index (χ3v) is 3.61. The van der Waals surface area contributed by atoms with Crippen molar-refractivity contribution in [3.63, 3.8) is 0 Å². The molecule has 0 aliphatic carbocycles. The number of anilines is 2. The van der Waals surface area contributed by atoms with Gasteiger partial charge in [0.1, 0.15) is 18.0 Å². The van der Waals surface area contributed by atoms with E-state index >= 15 is 0 Å². The van der Waals surface area contributed by atoms with Gasteiger partial charge in [-0.05, 0) is 33.4 Å². The minimum atomic E-state index is 0.571. The summed E-state index contributed by atoms with van der Waals surface area (Å²) in [6, 6.07) is 0.621. The molecule has 1 unspecified atom stereocenters. The number of aromatic nitrogens is 2. The summed E-state index contributed by atoms with van der Waals surface area (Å²) in [4.78, 5) is 12.9. The van der Waals surface area contributed by atoms with Crippen LogP contribution in [0.1, 0.15) is 18.4 Å². The van der Waals surface area contributed by atoms with Crippen molar-refractivity contribution in [2.24, 2.45) is 0 Å². The summed E-state index contributed by atoms with van der Waals surface area (Å²) in [7, 11) is 4.26. The van der Waals surface area contributed by atoms with Crippen LogP contribution in [0.3, 0.4) is 0 Å². The number of rotatable bonds is 3. The second-order valence-corrected chi connectivity index (χ2v) is 4.86. The highest BCUT2D eigenvalue weighted by molar-refractivity contribution is 5.55. The normalized spacial score (nSPS) is 20.8. The van der Waals surface area contributed by atoms with Gasteiger partial charge in [0.15, 0.2) is 0 Å². The average Bonchev–Trinajstić information content (AvgIpc) is 2.68. The lowest BCUT2D eigenvalue weighted by molar-refractivity contribution is 0.314. The first-order valence-corrected chi connectivity index (χ1v) is 6.08. The number of nitrogen functional groups attached to an aromatic ring is 1. The topological polar surface area (TPSA) is 58.3 Å². The molecule has 0 spiro atoms. The fourth-order valence-corrected chi connectivity index (χ4v) is 2.45. The Hall–Kier alpha value is -1.36. The summed E-state index contributed by atoms with van der Waals surface area (Å²) in [6.45, 7) is 4.16. The summed E-state index contributed by atoms with van der Waals surface area (Å²) in [5.74, 6) is 1.51. The molecule has 1 aliphatic rings. The standard InChI is InChI=1S/C12H21N5/c1-9-11(13)14-8-15-12(9)17(3)7-10-5-4-6-16(10)2/h8,10H,4-7H2,1-3H3,(H2,13,14,15). The van der Waals surface area contributed by atoms with Crippen LogP contribution in [0.4, 0.5) is 11.6 Å². The zero-order chi connectivity index (χ0) is 12.4. The van der Waals surface area contributed by atoms with Crippen molar-refractivity contribution in [3.05, 3.63) is 11.9 Å². The van der Waals surface area contributed by atoms with E-state index in [1.807, 2.05) is 6.92 Å². The number of likely N-dealkylation sites (N-methyl/N-ethyl adjacent to an activating group) is 2. The van der Waals surface area contributed by atoms with E-state index in [1.165, 1.54) is 25.7 Å². The molecule has 1 aliphatic heterocycles. The van der Waals surface area contributed by atoms with E-state index in [-0.39, 0.29) is 0 Å². The summed E-state index contributed by atoms with van der Waals surface area (Å²) in [6.07, 6.45) is 4.09. The Bertz CT molecular complexity index is 392. The Labute approximate surface area is 103 Å². The molecule has 94 valence electrons. The zero-order valence-electron chi connectivity index (χ0n) is 10.8. The van der Waals surface area contributed by atoms with Crippen LogP contribution in [0.25, 0.3) is 0 Å². The maximum atomic E-state index is 5.81. The van der Waals surface area contributed by atoms with Crippen molar-refractivity contribution in [1.29, 1.82) is 0 Å². The van der Waals surface area contributed by atoms with E-state index < -0.39 is 0 Å². The molecule has 0 radical (unpaired) electrons. The van der Waals surface area contributed by atoms with Crippen LogP contribution >= 0.6 is 0 Å². The van der Waals surface area contributed by atoms with Crippen LogP contribution < -0.4 is 10.6 Å². The Morgan fingerprint density at radius 1 is 1.53 bits per heavy atom. The molecule has 0 amide bonds. The molecule has 1 aromatic rings. The third-order valence-electron chi connectivity index (χ3n) is 3.61. The summed E-state index contributed by atoms with van der Waals surface area (Å²) in [5.41, 5.74) is 6.77. The van der Waals surface area contributed by atoms with Gasteiger partial charge < -0.3 is 15.5 Å². The fraction of sp³-hybridized carbons (Fsp3) is 0.667. The quantitative estimate of drug-likeness (QED) is 0.843. The molecule has 2 heterocycles. The highest BCUT2D eigenvalue weighted by atomic mass is 15.2. The van der Waals surface area contributed by atoms with Gasteiger partial charge in [0.25, 0.3) is 0 Å². The van der Waals surface area contributed by atoms with Gasteiger partial charge in [-0.25, -0.2) is 9.97 Å². The van der Waals surface area contributed by atoms with E-state index in [9.17, 15) is 0 Å². The van der Waals surface area contributed by atoms with Crippen LogP contribution in [0, 0.1) is 6.92 Å². The molecular formula is C12H21N5. The molecular weight excluding hydrogens is 214 g/mol. The van der Waals surface area contributed by atoms with Gasteiger partial charge in [-0.1, -0.05) is 0 Å². The maximum absolute atomic E-state index is 5.81. The smallest absolute Gasteiger partial charge is 0.136 e. The highest BCUT2D eigenvalue weighted by Crippen LogP contribution is 2.22. The number of nitrogens with zero attached hydrogens (tertiary/aromatic N) is 4. The largest absolute Gasteiger partial charge is 0.383 e. The number of hydrogen-bond acceptors (Lipinski definition) is 5. The minimum Gasteiger partial charge on any atom is -0.383 e. The van der Waals surface area contributed by atoms with Gasteiger partial charge in [0.05, 0.1) is 0 Å². The van der Waals surface area contributed by atoms with Crippen molar-refractivity contribution >= 4 is 11.6 Å². The van der Waals surface area contributed by atoms with Gasteiger partial charge in [-0.15, -0.1) is 0 Å². The van der Waals surface area contributed by atoms with Gasteiger partial charge in [0, 0.05) is 25.2 Å². The number of likely N-dealkylation sites (tertiary alicyclic amines) is 1. The highest BCUT2D eigenvalue weighted by Gasteiger charge is 2.23. The summed E-state index contributed by atoms with van der Waals surface area (Å²) < 4.78 is 0. The molecule has 2 N–H and O–H groups in total. The Kier molecular flexibility index (Phi) is 3.47. The van der Waals surface area contributed by atoms with Gasteiger partial charge >= 0.3 is 0 Å². The minimum absolute atomic E-state index is 0.571. The number of nitrogens with two attached hydrogens (primary N) is 1. The first-order chi connectivity index (χ1) is 8.09. The SMILES string of the molecule is Cc1c(N)ncnc1N(C)CC1CCCN1C. The second-order valence-electron chi connectivity index (χ2n) is 4.86. The Balaban J connectivity index is 2.09. The second kappa shape index (κ2) is 4.87. The van der Waals surface area contributed by atoms with Crippen LogP contribution in [-0.2, 0) is 0 Å². The van der Waals surface area contributed by atoms with Crippen molar-refractivity contribution in [2.75, 3.05) is 37.8 Å². The molecule has 1 atom stereocenters. The van der Waals surface area contributed by atoms with Crippen molar-refractivity contribution in [3.8, 4) is 0 Å². The van der Waals surface area contributed by atoms with Crippen LogP contribution in [-0.4, -0.2) is 48.1 Å². The van der Waals surface area contributed by atoms with Gasteiger partial charge in [-0.3, -0.25) is 0 Å². The average molecular weight is 235 g/mol. The van der Waals surface area contributed by atoms with Crippen LogP contribution in [0.5, 0.6) is 0 Å². The van der Waals surface area contributed by atoms with Crippen molar-refractivity contribution < 1.29 is 0 Å². The first-order valence-electron chi connectivity index (χ1n) is 6.08. The van der Waals surface area contributed by atoms with Crippen molar-refractivity contribution in [2.45, 2.75) is 25.8 Å². The Morgan fingerprint density at radius 2 is 2.29 bits per heavy atom. The van der Waals surface area contributed by atoms with Gasteiger partial charge in [0.2, 0.25) is 0 Å². The van der Waals surface area contributed by atoms with E-state index in [0.29, 0.717) is 11.9 Å². The Morgan fingerprint density at radius 3 is 2.94 bits per heavy atom. The molecule has 0 saturated carbocycles.